The third-order valence-electron chi connectivity index (χ3n) is 3.10. The summed E-state index contributed by atoms with van der Waals surface area (Å²) >= 11 is 0. The molecule has 0 heterocycles. The molecule has 0 aromatic rings. The average Bonchev–Trinajstić information content (AvgIpc) is 2.31. The van der Waals surface area contributed by atoms with Gasteiger partial charge in [0, 0.05) is 9.13 Å². The average molecular weight is 377 g/mol. The van der Waals surface area contributed by atoms with Gasteiger partial charge in [-0.2, -0.15) is 6.42 Å². The van der Waals surface area contributed by atoms with Crippen LogP contribution in [0.5, 0.6) is 0 Å². The molecule has 5 N–H and O–H groups in total. The van der Waals surface area contributed by atoms with E-state index >= 15 is 0 Å². The van der Waals surface area contributed by atoms with Gasteiger partial charge in [-0.25, -0.2) is 6.61 Å². The predicted octanol–water partition coefficient (Wildman–Crippen LogP) is -3.22. The first-order chi connectivity index (χ1) is 9.33. The predicted molar refractivity (Wildman–Crippen MR) is 75.3 cm³/mol. The fraction of sp³-hybridized carbons (Fsp3) is 0.909. The Morgan fingerprint density at radius 1 is 0.909 bits per heavy atom. The standard InChI is InChI=1S/C11H21O.2Na.2HO3P/c1-2-3-10-4-6-11(7-5-10)8-9-12;;;2*1-4(2)3/h9-12H,2-8H2,1H3;;;2*(H-,1,2,3)/q-1;2*+1;;/p+2. The van der Waals surface area contributed by atoms with Crippen LogP contribution in [0.4, 0.5) is 0 Å². The van der Waals surface area contributed by atoms with E-state index in [0.29, 0.717) is 0 Å². The molecule has 0 amide bonds. The zero-order valence-electron chi connectivity index (χ0n) is 13.6. The molecule has 0 radical (unpaired) electrons. The molecule has 0 spiro atoms. The van der Waals surface area contributed by atoms with Crippen LogP contribution in [0.2, 0.25) is 0 Å². The SMILES string of the molecule is CCCC1CCC(C[CH-]O)CC1.O=[P+](O)O.O=[P+](O)O.[Na+].[Na+]. The minimum atomic E-state index is -2.87. The van der Waals surface area contributed by atoms with Gasteiger partial charge in [-0.3, -0.25) is 0 Å². The molecule has 120 valence electrons. The summed E-state index contributed by atoms with van der Waals surface area (Å²) < 4.78 is 17.4. The molecule has 1 rings (SSSR count). The zero-order chi connectivity index (χ0) is 16.0. The van der Waals surface area contributed by atoms with Crippen molar-refractivity contribution in [3.8, 4) is 0 Å². The van der Waals surface area contributed by atoms with E-state index in [1.54, 1.807) is 0 Å². The summed E-state index contributed by atoms with van der Waals surface area (Å²) in [7, 11) is -5.74. The van der Waals surface area contributed by atoms with Crippen molar-refractivity contribution in [3.63, 3.8) is 0 Å². The minimum Gasteiger partial charge on any atom is -0.566 e. The minimum absolute atomic E-state index is 0. The van der Waals surface area contributed by atoms with Crippen LogP contribution in [0.3, 0.4) is 0 Å². The van der Waals surface area contributed by atoms with Gasteiger partial charge in [-0.05, 0) is 5.92 Å². The Hall–Kier alpha value is 2.00. The van der Waals surface area contributed by atoms with Gasteiger partial charge in [0.25, 0.3) is 0 Å². The van der Waals surface area contributed by atoms with Gasteiger partial charge < -0.3 is 5.11 Å². The van der Waals surface area contributed by atoms with Gasteiger partial charge in [0.2, 0.25) is 0 Å². The Morgan fingerprint density at radius 2 is 1.23 bits per heavy atom. The fourth-order valence-corrected chi connectivity index (χ4v) is 2.31. The van der Waals surface area contributed by atoms with Crippen LogP contribution in [0.25, 0.3) is 0 Å². The van der Waals surface area contributed by atoms with Crippen molar-refractivity contribution in [1.29, 1.82) is 0 Å². The van der Waals surface area contributed by atoms with E-state index in [2.05, 4.69) is 6.92 Å². The molecule has 1 saturated carbocycles. The Bertz CT molecular complexity index is 231. The van der Waals surface area contributed by atoms with E-state index in [9.17, 15) is 0 Å². The smallest absolute Gasteiger partial charge is 0.566 e. The fourth-order valence-electron chi connectivity index (χ4n) is 2.31. The maximum Gasteiger partial charge on any atom is 1.00 e. The molecule has 0 bridgehead atoms. The van der Waals surface area contributed by atoms with E-state index < -0.39 is 16.5 Å². The molecule has 1 aliphatic rings. The molecule has 0 aromatic heterocycles. The number of aliphatic hydroxyl groups excluding tert-OH is 1. The molecule has 1 aliphatic carbocycles. The Balaban J connectivity index is -0.000000138. The van der Waals surface area contributed by atoms with E-state index in [4.69, 9.17) is 33.8 Å². The van der Waals surface area contributed by atoms with Crippen LogP contribution in [0.15, 0.2) is 0 Å². The van der Waals surface area contributed by atoms with Gasteiger partial charge in [0.1, 0.15) is 0 Å². The van der Waals surface area contributed by atoms with Crippen LogP contribution in [0, 0.1) is 18.4 Å². The Labute approximate surface area is 178 Å². The maximum atomic E-state index is 8.70. The molecular weight excluding hydrogens is 352 g/mol. The van der Waals surface area contributed by atoms with Gasteiger partial charge in [0.15, 0.2) is 0 Å². The van der Waals surface area contributed by atoms with Crippen molar-refractivity contribution in [2.45, 2.75) is 51.9 Å². The Morgan fingerprint density at radius 3 is 1.50 bits per heavy atom. The first-order valence-electron chi connectivity index (χ1n) is 6.49. The van der Waals surface area contributed by atoms with Crippen molar-refractivity contribution in [1.82, 2.24) is 0 Å². The number of hydrogen-bond donors (Lipinski definition) is 5. The van der Waals surface area contributed by atoms with Gasteiger partial charge in [-0.1, -0.05) is 51.4 Å². The maximum absolute atomic E-state index is 8.70. The topological polar surface area (TPSA) is 135 Å². The van der Waals surface area contributed by atoms with Crippen LogP contribution in [0.1, 0.15) is 51.9 Å². The normalized spacial score (nSPS) is 19.0. The first kappa shape index (κ1) is 31.7. The second-order valence-corrected chi connectivity index (χ2v) is 5.61. The van der Waals surface area contributed by atoms with Crippen LogP contribution in [-0.2, 0) is 9.13 Å². The van der Waals surface area contributed by atoms with E-state index in [1.165, 1.54) is 45.1 Å². The molecule has 7 nitrogen and oxygen atoms in total. The number of hydrogen-bond acceptors (Lipinski definition) is 3. The summed E-state index contributed by atoms with van der Waals surface area (Å²) in [6.45, 7) is 3.61. The second-order valence-electron chi connectivity index (χ2n) is 4.60. The molecule has 11 heteroatoms. The van der Waals surface area contributed by atoms with E-state index in [0.717, 1.165) is 18.3 Å². The van der Waals surface area contributed by atoms with Gasteiger partial charge in [0.05, 0.1) is 0 Å². The van der Waals surface area contributed by atoms with Gasteiger partial charge >= 0.3 is 75.6 Å². The summed E-state index contributed by atoms with van der Waals surface area (Å²) in [5.41, 5.74) is 0. The summed E-state index contributed by atoms with van der Waals surface area (Å²) in [5.74, 6) is 1.77. The summed E-state index contributed by atoms with van der Waals surface area (Å²) in [6.07, 6.45) is 9.12. The molecule has 0 aromatic carbocycles. The number of aliphatic hydroxyl groups is 1. The molecule has 0 atom stereocenters. The second kappa shape index (κ2) is 23.0. The summed E-state index contributed by atoms with van der Waals surface area (Å²) in [5, 5.41) is 8.66. The third-order valence-corrected chi connectivity index (χ3v) is 3.10. The molecule has 0 saturated heterocycles. The molecule has 0 aliphatic heterocycles. The van der Waals surface area contributed by atoms with Crippen molar-refractivity contribution in [3.05, 3.63) is 6.61 Å². The van der Waals surface area contributed by atoms with Crippen molar-refractivity contribution in [2.75, 3.05) is 0 Å². The third kappa shape index (κ3) is 29.9. The molecular formula is C11H25Na2O7P2+3. The Kier molecular flexibility index (Phi) is 33.2. The molecule has 1 fully saturated rings. The quantitative estimate of drug-likeness (QED) is 0.198. The van der Waals surface area contributed by atoms with Crippen molar-refractivity contribution >= 4 is 16.5 Å². The zero-order valence-corrected chi connectivity index (χ0v) is 19.4. The van der Waals surface area contributed by atoms with E-state index in [1.807, 2.05) is 0 Å². The van der Waals surface area contributed by atoms with Gasteiger partial charge in [-0.15, -0.1) is 19.6 Å². The van der Waals surface area contributed by atoms with E-state index in [-0.39, 0.29) is 59.1 Å². The first-order valence-corrected chi connectivity index (χ1v) is 8.82. The number of rotatable bonds is 4. The summed E-state index contributed by atoms with van der Waals surface area (Å²) in [6, 6.07) is 0. The van der Waals surface area contributed by atoms with Crippen LogP contribution in [-0.4, -0.2) is 24.7 Å². The monoisotopic (exact) mass is 377 g/mol. The summed E-state index contributed by atoms with van der Waals surface area (Å²) in [4.78, 5) is 28.5. The largest absolute Gasteiger partial charge is 1.00 e. The van der Waals surface area contributed by atoms with Crippen molar-refractivity contribution < 1.29 is 92.9 Å². The van der Waals surface area contributed by atoms with Crippen LogP contribution >= 0.6 is 16.5 Å². The van der Waals surface area contributed by atoms with Crippen LogP contribution < -0.4 is 59.1 Å². The molecule has 22 heavy (non-hydrogen) atoms. The molecule has 0 unspecified atom stereocenters. The van der Waals surface area contributed by atoms with Crippen molar-refractivity contribution in [2.24, 2.45) is 11.8 Å².